The minimum atomic E-state index is -0.337. The van der Waals surface area contributed by atoms with E-state index in [2.05, 4.69) is 37.3 Å². The van der Waals surface area contributed by atoms with Crippen LogP contribution in [0.2, 0.25) is 0 Å². The van der Waals surface area contributed by atoms with E-state index >= 15 is 0 Å². The monoisotopic (exact) mass is 330 g/mol. The third kappa shape index (κ3) is 4.36. The average Bonchev–Trinajstić information content (AvgIpc) is 3.11. The van der Waals surface area contributed by atoms with Crippen molar-refractivity contribution < 1.29 is 9.32 Å². The molecule has 2 aromatic heterocycles. The van der Waals surface area contributed by atoms with Crippen molar-refractivity contribution in [1.82, 2.24) is 30.2 Å². The zero-order chi connectivity index (χ0) is 16.8. The fourth-order valence-electron chi connectivity index (χ4n) is 2.58. The third-order valence-electron chi connectivity index (χ3n) is 4.07. The Bertz CT molecular complexity index is 652. The van der Waals surface area contributed by atoms with Crippen molar-refractivity contribution in [3.8, 4) is 11.4 Å². The molecule has 3 heterocycles. The van der Waals surface area contributed by atoms with Gasteiger partial charge < -0.3 is 19.6 Å². The number of amides is 1. The van der Waals surface area contributed by atoms with Gasteiger partial charge in [0.05, 0.1) is 0 Å². The van der Waals surface area contributed by atoms with Crippen molar-refractivity contribution in [1.29, 1.82) is 0 Å². The molecular formula is C16H22N6O2. The van der Waals surface area contributed by atoms with Gasteiger partial charge in [-0.05, 0) is 32.1 Å². The highest BCUT2D eigenvalue weighted by Crippen LogP contribution is 2.13. The average molecular weight is 330 g/mol. The fraction of sp³-hybridized carbons (Fsp3) is 0.500. The van der Waals surface area contributed by atoms with Crippen molar-refractivity contribution in [3.05, 3.63) is 30.4 Å². The number of aromatic nitrogens is 3. The molecule has 1 aliphatic rings. The summed E-state index contributed by atoms with van der Waals surface area (Å²) in [5.74, 6) is 0.00940. The Kier molecular flexibility index (Phi) is 5.50. The molecule has 0 atom stereocenters. The number of hydrogen-bond acceptors (Lipinski definition) is 7. The van der Waals surface area contributed by atoms with Crippen LogP contribution in [0.1, 0.15) is 17.1 Å². The van der Waals surface area contributed by atoms with Crippen LogP contribution in [0.25, 0.3) is 11.4 Å². The van der Waals surface area contributed by atoms with E-state index in [1.807, 2.05) is 6.07 Å². The Labute approximate surface area is 140 Å². The summed E-state index contributed by atoms with van der Waals surface area (Å²) < 4.78 is 5.02. The van der Waals surface area contributed by atoms with Gasteiger partial charge in [-0.15, -0.1) is 0 Å². The lowest BCUT2D eigenvalue weighted by atomic mass is 10.3. The normalized spacial score (nSPS) is 16.2. The van der Waals surface area contributed by atoms with Crippen molar-refractivity contribution in [2.24, 2.45) is 0 Å². The lowest BCUT2D eigenvalue weighted by Crippen LogP contribution is -2.45. The number of piperazine rings is 1. The van der Waals surface area contributed by atoms with Crippen molar-refractivity contribution >= 4 is 5.91 Å². The smallest absolute Gasteiger partial charge is 0.316 e. The molecule has 0 unspecified atom stereocenters. The van der Waals surface area contributed by atoms with Crippen LogP contribution in [0, 0.1) is 0 Å². The first-order valence-corrected chi connectivity index (χ1v) is 8.15. The van der Waals surface area contributed by atoms with Crippen LogP contribution in [0.5, 0.6) is 0 Å². The zero-order valence-electron chi connectivity index (χ0n) is 13.8. The Morgan fingerprint density at radius 3 is 2.92 bits per heavy atom. The van der Waals surface area contributed by atoms with Crippen molar-refractivity contribution in [3.63, 3.8) is 0 Å². The number of likely N-dealkylation sites (N-methyl/N-ethyl adjacent to an activating group) is 1. The topological polar surface area (TPSA) is 87.4 Å². The first-order valence-electron chi connectivity index (χ1n) is 8.15. The molecule has 1 fully saturated rings. The van der Waals surface area contributed by atoms with Crippen molar-refractivity contribution in [2.45, 2.75) is 6.42 Å². The molecule has 0 aromatic carbocycles. The molecule has 8 heteroatoms. The molecule has 3 rings (SSSR count). The summed E-state index contributed by atoms with van der Waals surface area (Å²) in [6.45, 7) is 5.96. The fourth-order valence-corrected chi connectivity index (χ4v) is 2.58. The van der Waals surface area contributed by atoms with Crippen LogP contribution in [-0.2, 0) is 0 Å². The molecule has 1 aliphatic heterocycles. The number of rotatable bonds is 6. The van der Waals surface area contributed by atoms with E-state index in [0.717, 1.165) is 44.7 Å². The Morgan fingerprint density at radius 1 is 1.33 bits per heavy atom. The highest BCUT2D eigenvalue weighted by atomic mass is 16.5. The summed E-state index contributed by atoms with van der Waals surface area (Å²) in [7, 11) is 2.14. The lowest BCUT2D eigenvalue weighted by Gasteiger charge is -2.32. The molecule has 0 bridgehead atoms. The number of pyridine rings is 1. The Balaban J connectivity index is 1.42. The number of nitrogens with zero attached hydrogens (tertiary/aromatic N) is 5. The molecule has 24 heavy (non-hydrogen) atoms. The maximum atomic E-state index is 12.0. The van der Waals surface area contributed by atoms with Gasteiger partial charge in [-0.1, -0.05) is 5.16 Å². The highest BCUT2D eigenvalue weighted by Gasteiger charge is 2.16. The molecule has 1 saturated heterocycles. The molecule has 0 radical (unpaired) electrons. The number of carbonyl (C=O) groups excluding carboxylic acids is 1. The summed E-state index contributed by atoms with van der Waals surface area (Å²) in [6.07, 6.45) is 4.19. The van der Waals surface area contributed by atoms with E-state index in [9.17, 15) is 4.79 Å². The standard InChI is InChI=1S/C16H22N6O2/c1-21-8-10-22(11-9-21)7-3-6-18-15(23)16-19-14(20-24-16)13-4-2-5-17-12-13/h2,4-5,12H,3,6-11H2,1H3,(H,18,23). The molecule has 1 amide bonds. The predicted molar refractivity (Wildman–Crippen MR) is 88.4 cm³/mol. The summed E-state index contributed by atoms with van der Waals surface area (Å²) >= 11 is 0. The van der Waals surface area contributed by atoms with Crippen LogP contribution in [0.3, 0.4) is 0 Å². The van der Waals surface area contributed by atoms with Crippen molar-refractivity contribution in [2.75, 3.05) is 46.3 Å². The number of carbonyl (C=O) groups is 1. The van der Waals surface area contributed by atoms with Gasteiger partial charge in [0.25, 0.3) is 0 Å². The van der Waals surface area contributed by atoms with Gasteiger partial charge in [0, 0.05) is 50.7 Å². The maximum absolute atomic E-state index is 12.0. The van der Waals surface area contributed by atoms with Gasteiger partial charge >= 0.3 is 11.8 Å². The molecule has 0 spiro atoms. The minimum absolute atomic E-state index is 0.0200. The highest BCUT2D eigenvalue weighted by molar-refractivity contribution is 5.89. The summed E-state index contributed by atoms with van der Waals surface area (Å²) in [4.78, 5) is 24.9. The first kappa shape index (κ1) is 16.5. The first-order chi connectivity index (χ1) is 11.7. The molecule has 0 aliphatic carbocycles. The molecule has 8 nitrogen and oxygen atoms in total. The molecule has 0 saturated carbocycles. The van der Waals surface area contributed by atoms with Gasteiger partial charge in [-0.2, -0.15) is 4.98 Å². The molecule has 128 valence electrons. The van der Waals surface area contributed by atoms with E-state index in [0.29, 0.717) is 12.4 Å². The minimum Gasteiger partial charge on any atom is -0.348 e. The van der Waals surface area contributed by atoms with Crippen LogP contribution >= 0.6 is 0 Å². The number of hydrogen-bond donors (Lipinski definition) is 1. The van der Waals surface area contributed by atoms with E-state index in [4.69, 9.17) is 4.52 Å². The molecule has 1 N–H and O–H groups in total. The quantitative estimate of drug-likeness (QED) is 0.772. The Morgan fingerprint density at radius 2 is 2.17 bits per heavy atom. The van der Waals surface area contributed by atoms with E-state index in [1.54, 1.807) is 18.5 Å². The van der Waals surface area contributed by atoms with Crippen LogP contribution in [0.15, 0.2) is 29.0 Å². The number of nitrogens with one attached hydrogen (secondary N) is 1. The van der Waals surface area contributed by atoms with Crippen LogP contribution in [-0.4, -0.2) is 77.1 Å². The molecule has 2 aromatic rings. The summed E-state index contributed by atoms with van der Waals surface area (Å²) in [6, 6.07) is 3.60. The van der Waals surface area contributed by atoms with Crippen LogP contribution in [0.4, 0.5) is 0 Å². The van der Waals surface area contributed by atoms with Gasteiger partial charge in [0.1, 0.15) is 0 Å². The summed E-state index contributed by atoms with van der Waals surface area (Å²) in [5, 5.41) is 6.64. The second-order valence-corrected chi connectivity index (χ2v) is 5.92. The molecular weight excluding hydrogens is 308 g/mol. The van der Waals surface area contributed by atoms with Gasteiger partial charge in [0.2, 0.25) is 5.82 Å². The largest absolute Gasteiger partial charge is 0.348 e. The van der Waals surface area contributed by atoms with E-state index < -0.39 is 0 Å². The second-order valence-electron chi connectivity index (χ2n) is 5.92. The van der Waals surface area contributed by atoms with Crippen LogP contribution < -0.4 is 5.32 Å². The van der Waals surface area contributed by atoms with E-state index in [-0.39, 0.29) is 11.8 Å². The van der Waals surface area contributed by atoms with Gasteiger partial charge in [-0.25, -0.2) is 0 Å². The Hall–Kier alpha value is -2.32. The van der Waals surface area contributed by atoms with Gasteiger partial charge in [0.15, 0.2) is 0 Å². The zero-order valence-corrected chi connectivity index (χ0v) is 13.8. The lowest BCUT2D eigenvalue weighted by molar-refractivity contribution is 0.0906. The summed E-state index contributed by atoms with van der Waals surface area (Å²) in [5.41, 5.74) is 0.718. The SMILES string of the molecule is CN1CCN(CCCNC(=O)c2nc(-c3cccnc3)no2)CC1. The van der Waals surface area contributed by atoms with E-state index in [1.165, 1.54) is 0 Å². The second kappa shape index (κ2) is 7.98. The third-order valence-corrected chi connectivity index (χ3v) is 4.07. The predicted octanol–water partition coefficient (Wildman–Crippen LogP) is 0.499. The van der Waals surface area contributed by atoms with Gasteiger partial charge in [-0.3, -0.25) is 9.78 Å². The maximum Gasteiger partial charge on any atom is 0.316 e.